The highest BCUT2D eigenvalue weighted by atomic mass is 31.1. The predicted molar refractivity (Wildman–Crippen MR) is 123 cm³/mol. The maximum absolute atomic E-state index is 12.5. The highest BCUT2D eigenvalue weighted by Gasteiger charge is 2.19. The van der Waals surface area contributed by atoms with E-state index in [0.717, 1.165) is 0 Å². The largest absolute Gasteiger partial charge is 0.747 e. The molecule has 2 unspecified atom stereocenters. The SMILES string of the molecule is CC(C(=O)Nc1cnc(-c2ccccn2)[nH]c1=O)c1ccc(O[P+](=O)O)cc1.CCCC. The number of unbranched alkanes of at least 4 members (excludes halogenated alkanes) is 1. The molecule has 0 saturated carbocycles. The molecule has 2 aromatic heterocycles. The zero-order valence-corrected chi connectivity index (χ0v) is 19.0. The van der Waals surface area contributed by atoms with Gasteiger partial charge < -0.3 is 10.3 Å². The second kappa shape index (κ2) is 12.4. The van der Waals surface area contributed by atoms with E-state index in [2.05, 4.69) is 38.6 Å². The highest BCUT2D eigenvalue weighted by Crippen LogP contribution is 2.25. The van der Waals surface area contributed by atoms with Gasteiger partial charge >= 0.3 is 8.25 Å². The summed E-state index contributed by atoms with van der Waals surface area (Å²) < 4.78 is 15.3. The van der Waals surface area contributed by atoms with E-state index < -0.39 is 25.6 Å². The fraction of sp³-hybridized carbons (Fsp3) is 0.273. The van der Waals surface area contributed by atoms with Crippen molar-refractivity contribution in [2.75, 3.05) is 5.32 Å². The minimum absolute atomic E-state index is 0.0220. The van der Waals surface area contributed by atoms with Crippen LogP contribution in [0.5, 0.6) is 5.75 Å². The smallest absolute Gasteiger partial charge is 0.320 e. The van der Waals surface area contributed by atoms with E-state index in [-0.39, 0.29) is 11.4 Å². The molecule has 0 spiro atoms. The number of nitrogens with one attached hydrogen (secondary N) is 2. The summed E-state index contributed by atoms with van der Waals surface area (Å²) in [6.45, 7) is 6.03. The van der Waals surface area contributed by atoms with Crippen LogP contribution in [0.4, 0.5) is 5.69 Å². The number of carbonyl (C=O) groups is 1. The van der Waals surface area contributed by atoms with Crippen molar-refractivity contribution in [3.63, 3.8) is 0 Å². The molecule has 32 heavy (non-hydrogen) atoms. The van der Waals surface area contributed by atoms with Crippen molar-refractivity contribution in [1.29, 1.82) is 0 Å². The minimum Gasteiger partial charge on any atom is -0.320 e. The molecule has 0 radical (unpaired) electrons. The van der Waals surface area contributed by atoms with Gasteiger partial charge in [0.2, 0.25) is 5.91 Å². The van der Waals surface area contributed by atoms with Crippen molar-refractivity contribution in [1.82, 2.24) is 15.0 Å². The lowest BCUT2D eigenvalue weighted by Crippen LogP contribution is -2.24. The molecule has 0 saturated heterocycles. The summed E-state index contributed by atoms with van der Waals surface area (Å²) >= 11 is 0. The van der Waals surface area contributed by atoms with Gasteiger partial charge in [0.05, 0.1) is 12.1 Å². The molecule has 0 aliphatic heterocycles. The summed E-state index contributed by atoms with van der Waals surface area (Å²) in [5, 5.41) is 2.55. The first-order valence-corrected chi connectivity index (χ1v) is 11.2. The van der Waals surface area contributed by atoms with Crippen LogP contribution < -0.4 is 15.4 Å². The van der Waals surface area contributed by atoms with Crippen LogP contribution in [-0.4, -0.2) is 25.8 Å². The predicted octanol–water partition coefficient (Wildman–Crippen LogP) is 4.41. The maximum atomic E-state index is 12.5. The molecule has 2 heterocycles. The van der Waals surface area contributed by atoms with Crippen molar-refractivity contribution in [3.05, 3.63) is 70.8 Å². The Balaban J connectivity index is 0.000000837. The summed E-state index contributed by atoms with van der Waals surface area (Å²) in [6, 6.07) is 11.4. The zero-order chi connectivity index (χ0) is 23.5. The molecule has 3 rings (SSSR count). The average molecular weight is 457 g/mol. The number of aromatic amines is 1. The minimum atomic E-state index is -2.75. The van der Waals surface area contributed by atoms with Crippen LogP contribution in [0.2, 0.25) is 0 Å². The summed E-state index contributed by atoms with van der Waals surface area (Å²) in [5.41, 5.74) is 0.686. The number of H-pyrrole nitrogens is 1. The average Bonchev–Trinajstić information content (AvgIpc) is 2.80. The van der Waals surface area contributed by atoms with Crippen LogP contribution in [-0.2, 0) is 9.36 Å². The van der Waals surface area contributed by atoms with Crippen LogP contribution in [0.1, 0.15) is 45.1 Å². The number of hydrogen-bond acceptors (Lipinski definition) is 6. The standard InChI is InChI=1S/C18H15N4O5P.C4H10/c1-11(12-5-7-13(8-6-12)27-28(25)26)17(23)21-15-10-20-16(22-18(15)24)14-4-2-3-9-19-14;1-3-4-2/h2-11H,1H3,(H2-,19,20,21,22,23,24,25,26);3-4H2,1-2H3/p+1. The molecule has 3 N–H and O–H groups in total. The Hall–Kier alpha value is -3.42. The third-order valence-electron chi connectivity index (χ3n) is 4.42. The third kappa shape index (κ3) is 7.37. The molecule has 10 heteroatoms. The van der Waals surface area contributed by atoms with Crippen LogP contribution >= 0.6 is 8.25 Å². The Bertz CT molecular complexity index is 1090. The molecule has 0 bridgehead atoms. The van der Waals surface area contributed by atoms with E-state index in [1.165, 1.54) is 31.2 Å². The molecule has 1 aromatic carbocycles. The number of amides is 1. The number of hydrogen-bond donors (Lipinski definition) is 3. The van der Waals surface area contributed by atoms with Gasteiger partial charge in [-0.3, -0.25) is 14.6 Å². The second-order valence-electron chi connectivity index (χ2n) is 6.80. The van der Waals surface area contributed by atoms with Crippen molar-refractivity contribution in [2.24, 2.45) is 0 Å². The van der Waals surface area contributed by atoms with Gasteiger partial charge in [-0.2, -0.15) is 0 Å². The van der Waals surface area contributed by atoms with E-state index in [1.54, 1.807) is 43.5 Å². The molecule has 0 fully saturated rings. The summed E-state index contributed by atoms with van der Waals surface area (Å²) in [7, 11) is -2.75. The van der Waals surface area contributed by atoms with Gasteiger partial charge in [0, 0.05) is 10.8 Å². The monoisotopic (exact) mass is 457 g/mol. The zero-order valence-electron chi connectivity index (χ0n) is 18.1. The Morgan fingerprint density at radius 1 is 1.16 bits per heavy atom. The van der Waals surface area contributed by atoms with E-state index in [4.69, 9.17) is 4.89 Å². The first-order chi connectivity index (χ1) is 15.3. The number of nitrogens with zero attached hydrogens (tertiary/aromatic N) is 2. The van der Waals surface area contributed by atoms with Crippen LogP contribution in [0.15, 0.2) is 59.7 Å². The van der Waals surface area contributed by atoms with Crippen LogP contribution in [0, 0.1) is 0 Å². The van der Waals surface area contributed by atoms with Crippen molar-refractivity contribution in [3.8, 4) is 17.3 Å². The van der Waals surface area contributed by atoms with Gasteiger partial charge in [-0.25, -0.2) is 9.51 Å². The van der Waals surface area contributed by atoms with Crippen molar-refractivity contribution in [2.45, 2.75) is 39.5 Å². The first-order valence-electron chi connectivity index (χ1n) is 10.1. The van der Waals surface area contributed by atoms with Gasteiger partial charge in [0.1, 0.15) is 11.4 Å². The van der Waals surface area contributed by atoms with Crippen molar-refractivity contribution < 1.29 is 18.8 Å². The number of rotatable bonds is 7. The third-order valence-corrected chi connectivity index (χ3v) is 4.79. The lowest BCUT2D eigenvalue weighted by molar-refractivity contribution is -0.117. The second-order valence-corrected chi connectivity index (χ2v) is 7.46. The van der Waals surface area contributed by atoms with E-state index >= 15 is 0 Å². The summed E-state index contributed by atoms with van der Waals surface area (Å²) in [4.78, 5) is 44.3. The molecular formula is C22H26N4O5P+. The lowest BCUT2D eigenvalue weighted by atomic mass is 10.0. The van der Waals surface area contributed by atoms with Crippen LogP contribution in [0.25, 0.3) is 11.5 Å². The molecule has 9 nitrogen and oxygen atoms in total. The van der Waals surface area contributed by atoms with Gasteiger partial charge in [-0.05, 0) is 36.8 Å². The van der Waals surface area contributed by atoms with Gasteiger partial charge in [0.15, 0.2) is 11.6 Å². The highest BCUT2D eigenvalue weighted by molar-refractivity contribution is 7.32. The molecule has 0 aliphatic rings. The van der Waals surface area contributed by atoms with E-state index in [0.29, 0.717) is 17.1 Å². The Morgan fingerprint density at radius 3 is 2.38 bits per heavy atom. The number of pyridine rings is 1. The maximum Gasteiger partial charge on any atom is 0.747 e. The summed E-state index contributed by atoms with van der Waals surface area (Å²) in [5.74, 6) is -0.466. The van der Waals surface area contributed by atoms with E-state index in [1.807, 2.05) is 0 Å². The van der Waals surface area contributed by atoms with Gasteiger partial charge in [-0.15, -0.1) is 4.89 Å². The number of carbonyl (C=O) groups excluding carboxylic acids is 1. The molecule has 2 atom stereocenters. The number of anilines is 1. The normalized spacial score (nSPS) is 11.6. The molecular weight excluding hydrogens is 431 g/mol. The number of benzene rings is 1. The van der Waals surface area contributed by atoms with Crippen molar-refractivity contribution >= 4 is 19.8 Å². The fourth-order valence-corrected chi connectivity index (χ4v) is 2.72. The number of aromatic nitrogens is 3. The molecule has 0 aliphatic carbocycles. The lowest BCUT2D eigenvalue weighted by Gasteiger charge is -2.12. The first kappa shape index (κ1) is 24.8. The molecule has 3 aromatic rings. The Labute approximate surface area is 186 Å². The fourth-order valence-electron chi connectivity index (χ4n) is 2.42. The molecule has 168 valence electrons. The van der Waals surface area contributed by atoms with E-state index in [9.17, 15) is 14.2 Å². The van der Waals surface area contributed by atoms with Crippen LogP contribution in [0.3, 0.4) is 0 Å². The summed E-state index contributed by atoms with van der Waals surface area (Å²) in [6.07, 6.45) is 5.50. The van der Waals surface area contributed by atoms with Gasteiger partial charge in [-0.1, -0.05) is 44.9 Å². The Kier molecular flexibility index (Phi) is 9.66. The Morgan fingerprint density at radius 2 is 1.84 bits per heavy atom. The molecule has 1 amide bonds. The topological polar surface area (TPSA) is 134 Å². The quantitative estimate of drug-likeness (QED) is 0.447. The van der Waals surface area contributed by atoms with Gasteiger partial charge in [0.25, 0.3) is 5.56 Å².